The predicted octanol–water partition coefficient (Wildman–Crippen LogP) is 0.584. The molecule has 58 valence electrons. The Hall–Kier alpha value is -0.570. The van der Waals surface area contributed by atoms with Crippen LogP contribution in [0.3, 0.4) is 0 Å². The molecule has 0 spiro atoms. The molecule has 0 amide bonds. The molecule has 1 fully saturated rings. The van der Waals surface area contributed by atoms with Crippen LogP contribution in [0.1, 0.15) is 13.3 Å². The first kappa shape index (κ1) is 7.54. The Labute approximate surface area is 60.3 Å². The first-order valence-corrected chi connectivity index (χ1v) is 3.43. The number of rotatable bonds is 1. The lowest BCUT2D eigenvalue weighted by Gasteiger charge is -2.04. The van der Waals surface area contributed by atoms with Crippen LogP contribution < -0.4 is 0 Å². The highest BCUT2D eigenvalue weighted by Crippen LogP contribution is 2.19. The standard InChI is InChI=1S/C7H12O3/c1-5-3-6(10-4-5)7(8)9-2/h5-6H,3-4H2,1-2H3/t5-,6?/m0/s1. The first-order chi connectivity index (χ1) is 4.74. The molecule has 1 heterocycles. The highest BCUT2D eigenvalue weighted by Gasteiger charge is 2.28. The average molecular weight is 144 g/mol. The van der Waals surface area contributed by atoms with E-state index in [1.807, 2.05) is 0 Å². The molecular formula is C7H12O3. The summed E-state index contributed by atoms with van der Waals surface area (Å²) in [5, 5.41) is 0. The van der Waals surface area contributed by atoms with Gasteiger partial charge < -0.3 is 9.47 Å². The molecule has 0 aromatic heterocycles. The second-order valence-electron chi connectivity index (χ2n) is 2.69. The van der Waals surface area contributed by atoms with Gasteiger partial charge >= 0.3 is 5.97 Å². The van der Waals surface area contributed by atoms with E-state index >= 15 is 0 Å². The second kappa shape index (κ2) is 3.01. The maximum atomic E-state index is 10.8. The third-order valence-electron chi connectivity index (χ3n) is 1.66. The molecule has 1 aliphatic heterocycles. The van der Waals surface area contributed by atoms with Crippen molar-refractivity contribution < 1.29 is 14.3 Å². The van der Waals surface area contributed by atoms with E-state index in [1.165, 1.54) is 7.11 Å². The summed E-state index contributed by atoms with van der Waals surface area (Å²) in [5.74, 6) is 0.244. The SMILES string of the molecule is COC(=O)C1C[C@H](C)CO1. The van der Waals surface area contributed by atoms with Gasteiger partial charge in [0.25, 0.3) is 0 Å². The third kappa shape index (κ3) is 1.48. The molecule has 0 aromatic rings. The third-order valence-corrected chi connectivity index (χ3v) is 1.66. The van der Waals surface area contributed by atoms with Crippen molar-refractivity contribution in [1.29, 1.82) is 0 Å². The van der Waals surface area contributed by atoms with Gasteiger partial charge in [-0.2, -0.15) is 0 Å². The normalized spacial score (nSPS) is 32.2. The molecule has 0 radical (unpaired) electrons. The van der Waals surface area contributed by atoms with Crippen molar-refractivity contribution in [2.75, 3.05) is 13.7 Å². The molecular weight excluding hydrogens is 132 g/mol. The van der Waals surface area contributed by atoms with Crippen molar-refractivity contribution in [3.63, 3.8) is 0 Å². The molecule has 10 heavy (non-hydrogen) atoms. The van der Waals surface area contributed by atoms with Crippen LogP contribution in [0.4, 0.5) is 0 Å². The summed E-state index contributed by atoms with van der Waals surface area (Å²) < 4.78 is 9.66. The number of carbonyl (C=O) groups is 1. The van der Waals surface area contributed by atoms with Crippen molar-refractivity contribution in [2.24, 2.45) is 5.92 Å². The fraction of sp³-hybridized carbons (Fsp3) is 0.857. The zero-order chi connectivity index (χ0) is 7.56. The maximum absolute atomic E-state index is 10.8. The van der Waals surface area contributed by atoms with Gasteiger partial charge in [0.2, 0.25) is 0 Å². The van der Waals surface area contributed by atoms with Gasteiger partial charge in [-0.1, -0.05) is 6.92 Å². The highest BCUT2D eigenvalue weighted by molar-refractivity contribution is 5.74. The van der Waals surface area contributed by atoms with E-state index in [9.17, 15) is 4.79 Å². The lowest BCUT2D eigenvalue weighted by molar-refractivity contribution is -0.151. The Morgan fingerprint density at radius 1 is 1.70 bits per heavy atom. The van der Waals surface area contributed by atoms with Crippen molar-refractivity contribution in [3.8, 4) is 0 Å². The highest BCUT2D eigenvalue weighted by atomic mass is 16.6. The predicted molar refractivity (Wildman–Crippen MR) is 35.5 cm³/mol. The molecule has 0 aliphatic carbocycles. The Morgan fingerprint density at radius 3 is 2.80 bits per heavy atom. The fourth-order valence-electron chi connectivity index (χ4n) is 1.08. The Morgan fingerprint density at radius 2 is 2.40 bits per heavy atom. The number of ether oxygens (including phenoxy) is 2. The minimum absolute atomic E-state index is 0.246. The monoisotopic (exact) mass is 144 g/mol. The molecule has 1 aliphatic rings. The van der Waals surface area contributed by atoms with E-state index in [-0.39, 0.29) is 12.1 Å². The van der Waals surface area contributed by atoms with E-state index in [4.69, 9.17) is 4.74 Å². The number of hydrogen-bond donors (Lipinski definition) is 0. The zero-order valence-electron chi connectivity index (χ0n) is 6.29. The maximum Gasteiger partial charge on any atom is 0.334 e. The molecule has 0 aromatic carbocycles. The van der Waals surface area contributed by atoms with Gasteiger partial charge in [-0.3, -0.25) is 0 Å². The van der Waals surface area contributed by atoms with E-state index in [0.717, 1.165) is 6.42 Å². The van der Waals surface area contributed by atoms with E-state index in [0.29, 0.717) is 12.5 Å². The van der Waals surface area contributed by atoms with E-state index in [1.54, 1.807) is 0 Å². The first-order valence-electron chi connectivity index (χ1n) is 3.43. The van der Waals surface area contributed by atoms with Crippen molar-refractivity contribution >= 4 is 5.97 Å². The van der Waals surface area contributed by atoms with Gasteiger partial charge in [-0.25, -0.2) is 4.79 Å². The molecule has 1 unspecified atom stereocenters. The Kier molecular flexibility index (Phi) is 2.27. The second-order valence-corrected chi connectivity index (χ2v) is 2.69. The van der Waals surface area contributed by atoms with Crippen LogP contribution in [0.15, 0.2) is 0 Å². The summed E-state index contributed by atoms with van der Waals surface area (Å²) in [6.45, 7) is 2.74. The summed E-state index contributed by atoms with van der Waals surface area (Å²) in [6, 6.07) is 0. The minimum atomic E-state index is -0.306. The van der Waals surface area contributed by atoms with Crippen LogP contribution in [0.25, 0.3) is 0 Å². The van der Waals surface area contributed by atoms with Crippen molar-refractivity contribution in [1.82, 2.24) is 0 Å². The van der Waals surface area contributed by atoms with Crippen molar-refractivity contribution in [2.45, 2.75) is 19.4 Å². The summed E-state index contributed by atoms with van der Waals surface area (Å²) in [7, 11) is 1.38. The van der Waals surface area contributed by atoms with Crippen LogP contribution in [0.2, 0.25) is 0 Å². The van der Waals surface area contributed by atoms with Gasteiger partial charge in [0.1, 0.15) is 0 Å². The quantitative estimate of drug-likeness (QED) is 0.505. The molecule has 1 saturated heterocycles. The molecule has 3 nitrogen and oxygen atoms in total. The summed E-state index contributed by atoms with van der Waals surface area (Å²) in [4.78, 5) is 10.8. The van der Waals surface area contributed by atoms with Gasteiger partial charge in [-0.05, 0) is 12.3 Å². The summed E-state index contributed by atoms with van der Waals surface area (Å²) in [5.41, 5.74) is 0. The number of hydrogen-bond acceptors (Lipinski definition) is 3. The Bertz CT molecular complexity index is 133. The van der Waals surface area contributed by atoms with Gasteiger partial charge in [0.15, 0.2) is 6.10 Å². The molecule has 1 rings (SSSR count). The molecule has 0 saturated carbocycles. The van der Waals surface area contributed by atoms with E-state index < -0.39 is 0 Å². The van der Waals surface area contributed by atoms with Gasteiger partial charge in [0, 0.05) is 0 Å². The van der Waals surface area contributed by atoms with Crippen molar-refractivity contribution in [3.05, 3.63) is 0 Å². The summed E-state index contributed by atoms with van der Waals surface area (Å²) >= 11 is 0. The topological polar surface area (TPSA) is 35.5 Å². The Balaban J connectivity index is 2.37. The van der Waals surface area contributed by atoms with Crippen LogP contribution in [-0.2, 0) is 14.3 Å². The number of esters is 1. The summed E-state index contributed by atoms with van der Waals surface area (Å²) in [6.07, 6.45) is 0.493. The number of carbonyl (C=O) groups excluding carboxylic acids is 1. The lowest BCUT2D eigenvalue weighted by atomic mass is 10.1. The number of methoxy groups -OCH3 is 1. The van der Waals surface area contributed by atoms with Crippen LogP contribution in [-0.4, -0.2) is 25.8 Å². The van der Waals surface area contributed by atoms with Crippen LogP contribution in [0, 0.1) is 5.92 Å². The van der Waals surface area contributed by atoms with Gasteiger partial charge in [-0.15, -0.1) is 0 Å². The molecule has 0 N–H and O–H groups in total. The smallest absolute Gasteiger partial charge is 0.334 e. The largest absolute Gasteiger partial charge is 0.467 e. The van der Waals surface area contributed by atoms with Crippen LogP contribution >= 0.6 is 0 Å². The van der Waals surface area contributed by atoms with E-state index in [2.05, 4.69) is 11.7 Å². The molecule has 2 atom stereocenters. The molecule has 0 bridgehead atoms. The van der Waals surface area contributed by atoms with Crippen LogP contribution in [0.5, 0.6) is 0 Å². The lowest BCUT2D eigenvalue weighted by Crippen LogP contribution is -2.20. The fourth-order valence-corrected chi connectivity index (χ4v) is 1.08. The zero-order valence-corrected chi connectivity index (χ0v) is 6.29. The average Bonchev–Trinajstić information content (AvgIpc) is 2.34. The minimum Gasteiger partial charge on any atom is -0.467 e. The van der Waals surface area contributed by atoms with Gasteiger partial charge in [0.05, 0.1) is 13.7 Å². The molecule has 3 heteroatoms.